The van der Waals surface area contributed by atoms with Gasteiger partial charge in [0, 0.05) is 0 Å². The zero-order valence-electron chi connectivity index (χ0n) is 12.7. The van der Waals surface area contributed by atoms with Crippen molar-refractivity contribution in [1.82, 2.24) is 0 Å². The summed E-state index contributed by atoms with van der Waals surface area (Å²) in [6, 6.07) is 17.5. The summed E-state index contributed by atoms with van der Waals surface area (Å²) < 4.78 is 5.61. The average molecular weight is 352 g/mol. The first-order valence-corrected chi connectivity index (χ1v) is 5.86. The third-order valence-electron chi connectivity index (χ3n) is 2.35. The molecule has 0 radical (unpaired) electrons. The zero-order valence-corrected chi connectivity index (χ0v) is 18.9. The third-order valence-corrected chi connectivity index (χ3v) is 2.35. The van der Waals surface area contributed by atoms with Crippen LogP contribution in [-0.2, 0) is 13.2 Å². The van der Waals surface area contributed by atoms with Gasteiger partial charge in [0.25, 0.3) is 0 Å². The molecule has 0 unspecified atom stereocenters. The van der Waals surface area contributed by atoms with Crippen molar-refractivity contribution in [2.45, 2.75) is 13.2 Å². The smallest absolute Gasteiger partial charge is 0.652 e. The van der Waals surface area contributed by atoms with Crippen LogP contribution < -0.4 is 118 Å². The van der Waals surface area contributed by atoms with Crippen molar-refractivity contribution in [1.29, 1.82) is 0 Å². The third kappa shape index (κ3) is 12.2. The van der Waals surface area contributed by atoms with Crippen molar-refractivity contribution in [2.75, 3.05) is 0 Å². The molecule has 106 valence electrons. The molecular formula is C15H14K2O5. The van der Waals surface area contributed by atoms with E-state index in [0.29, 0.717) is 6.61 Å². The van der Waals surface area contributed by atoms with Gasteiger partial charge in [-0.25, -0.2) is 0 Å². The van der Waals surface area contributed by atoms with Crippen molar-refractivity contribution in [3.05, 3.63) is 65.7 Å². The summed E-state index contributed by atoms with van der Waals surface area (Å²) in [5.41, 5.74) is 2.04. The van der Waals surface area contributed by atoms with Gasteiger partial charge in [0.15, 0.2) is 0 Å². The Morgan fingerprint density at radius 2 is 1.41 bits per heavy atom. The van der Waals surface area contributed by atoms with Crippen molar-refractivity contribution in [3.63, 3.8) is 0 Å². The van der Waals surface area contributed by atoms with E-state index in [1.54, 1.807) is 0 Å². The van der Waals surface area contributed by atoms with E-state index in [1.165, 1.54) is 0 Å². The van der Waals surface area contributed by atoms with Crippen LogP contribution in [0.4, 0.5) is 4.79 Å². The Morgan fingerprint density at radius 1 is 0.909 bits per heavy atom. The van der Waals surface area contributed by atoms with E-state index in [4.69, 9.17) is 24.9 Å². The Bertz CT molecular complexity index is 513. The summed E-state index contributed by atoms with van der Waals surface area (Å²) in [7, 11) is 0. The summed E-state index contributed by atoms with van der Waals surface area (Å²) in [6.07, 6.45) is -2.33. The molecule has 0 saturated carbocycles. The monoisotopic (exact) mass is 352 g/mol. The second-order valence-electron chi connectivity index (χ2n) is 3.83. The first-order chi connectivity index (χ1) is 9.61. The van der Waals surface area contributed by atoms with Crippen LogP contribution in [0.15, 0.2) is 54.6 Å². The Morgan fingerprint density at radius 3 is 1.86 bits per heavy atom. The van der Waals surface area contributed by atoms with Crippen LogP contribution in [0, 0.1) is 0 Å². The Hall–Kier alpha value is 0.743. The quantitative estimate of drug-likeness (QED) is 0.554. The van der Waals surface area contributed by atoms with Gasteiger partial charge in [0.05, 0.1) is 6.61 Å². The van der Waals surface area contributed by atoms with Crippen LogP contribution in [0.2, 0.25) is 0 Å². The van der Waals surface area contributed by atoms with E-state index < -0.39 is 6.16 Å². The molecule has 5 nitrogen and oxygen atoms in total. The molecule has 0 atom stereocenters. The van der Waals surface area contributed by atoms with Gasteiger partial charge in [0.2, 0.25) is 0 Å². The van der Waals surface area contributed by atoms with Gasteiger partial charge in [-0.15, -0.1) is 0 Å². The van der Waals surface area contributed by atoms with E-state index in [-0.39, 0.29) is 109 Å². The fraction of sp³-hybridized carbons (Fsp3) is 0.133. The maximum atomic E-state index is 8.90. The second-order valence-corrected chi connectivity index (χ2v) is 3.83. The molecule has 2 aromatic rings. The summed E-state index contributed by atoms with van der Waals surface area (Å²) in [6.45, 7) is 0.637. The van der Waals surface area contributed by atoms with E-state index in [1.807, 2.05) is 54.6 Å². The van der Waals surface area contributed by atoms with Crippen LogP contribution in [-0.4, -0.2) is 11.3 Å². The fourth-order valence-electron chi connectivity index (χ4n) is 1.43. The van der Waals surface area contributed by atoms with E-state index in [9.17, 15) is 0 Å². The van der Waals surface area contributed by atoms with Gasteiger partial charge in [-0.2, -0.15) is 0 Å². The molecule has 0 aliphatic rings. The molecule has 0 saturated heterocycles. The molecule has 2 rings (SSSR count). The topological polar surface area (TPSA) is 92.7 Å². The van der Waals surface area contributed by atoms with Crippen LogP contribution in [0.3, 0.4) is 0 Å². The van der Waals surface area contributed by atoms with Crippen LogP contribution in [0.25, 0.3) is 0 Å². The number of carbonyl (C=O) groups is 1. The summed E-state index contributed by atoms with van der Waals surface area (Å²) >= 11 is 0. The molecule has 1 N–H and O–H groups in total. The molecule has 0 aliphatic heterocycles. The number of benzene rings is 2. The van der Waals surface area contributed by atoms with E-state index in [2.05, 4.69) is 0 Å². The van der Waals surface area contributed by atoms with Crippen molar-refractivity contribution in [2.24, 2.45) is 0 Å². The first-order valence-electron chi connectivity index (χ1n) is 5.86. The summed E-state index contributed by atoms with van der Waals surface area (Å²) in [5, 5.41) is 25.6. The van der Waals surface area contributed by atoms with Crippen LogP contribution >= 0.6 is 0 Å². The molecule has 7 heteroatoms. The standard InChI is InChI=1S/C14H14O2.CH2O3.2K/c15-10-12-6-8-14(9-7-12)16-11-13-4-2-1-3-5-13;2-1(3)4;;/h1-9,15H,10-11H2;(H2,2,3,4);;/q;;2*+1/p-2. The Balaban J connectivity index is 0. The second kappa shape index (κ2) is 15.3. The average Bonchev–Trinajstić information content (AvgIpc) is 2.46. The van der Waals surface area contributed by atoms with Crippen molar-refractivity contribution >= 4 is 6.16 Å². The molecule has 0 bridgehead atoms. The van der Waals surface area contributed by atoms with Crippen molar-refractivity contribution < 1.29 is 128 Å². The predicted molar refractivity (Wildman–Crippen MR) is 68.5 cm³/mol. The molecule has 0 aromatic heterocycles. The number of aliphatic hydroxyl groups is 1. The molecule has 22 heavy (non-hydrogen) atoms. The van der Waals surface area contributed by atoms with Gasteiger partial charge in [-0.3, -0.25) is 0 Å². The van der Waals surface area contributed by atoms with Crippen LogP contribution in [0.5, 0.6) is 5.75 Å². The number of carbonyl (C=O) groups excluding carboxylic acids is 1. The van der Waals surface area contributed by atoms with Gasteiger partial charge in [-0.1, -0.05) is 42.5 Å². The maximum absolute atomic E-state index is 8.90. The minimum Gasteiger partial charge on any atom is -0.652 e. The number of ether oxygens (including phenoxy) is 1. The molecular weight excluding hydrogens is 338 g/mol. The zero-order chi connectivity index (χ0) is 14.8. The predicted octanol–water partition coefficient (Wildman–Crippen LogP) is -5.68. The normalized spacial score (nSPS) is 8.41. The molecule has 2 aromatic carbocycles. The SMILES string of the molecule is O=C([O-])[O-].OCc1ccc(OCc2ccccc2)cc1.[K+].[K+]. The molecule has 0 heterocycles. The Kier molecular flexibility index (Phi) is 17.4. The van der Waals surface area contributed by atoms with Crippen LogP contribution in [0.1, 0.15) is 11.1 Å². The molecule has 0 fully saturated rings. The molecule has 0 amide bonds. The van der Waals surface area contributed by atoms with E-state index in [0.717, 1.165) is 16.9 Å². The van der Waals surface area contributed by atoms with Gasteiger partial charge in [0.1, 0.15) is 12.4 Å². The maximum Gasteiger partial charge on any atom is 1.00 e. The van der Waals surface area contributed by atoms with E-state index >= 15 is 0 Å². The number of rotatable bonds is 4. The summed E-state index contributed by atoms with van der Waals surface area (Å²) in [4.78, 5) is 8.33. The van der Waals surface area contributed by atoms with Crippen molar-refractivity contribution in [3.8, 4) is 5.75 Å². The first kappa shape index (κ1) is 25.0. The largest absolute Gasteiger partial charge is 1.00 e. The van der Waals surface area contributed by atoms with Gasteiger partial charge in [-0.05, 0) is 29.4 Å². The molecule has 0 aliphatic carbocycles. The minimum atomic E-state index is -2.33. The molecule has 0 spiro atoms. The number of carboxylic acid groups (broad SMARTS) is 2. The summed E-state index contributed by atoms with van der Waals surface area (Å²) in [5.74, 6) is 0.820. The fourth-order valence-corrected chi connectivity index (χ4v) is 1.43. The number of hydrogen-bond acceptors (Lipinski definition) is 5. The van der Waals surface area contributed by atoms with Gasteiger partial charge < -0.3 is 24.9 Å². The minimum absolute atomic E-state index is 0. The number of hydrogen-bond donors (Lipinski definition) is 1. The number of aliphatic hydroxyl groups excluding tert-OH is 1. The Labute approximate surface area is 214 Å². The van der Waals surface area contributed by atoms with Gasteiger partial charge >= 0.3 is 103 Å².